The quantitative estimate of drug-likeness (QED) is 0.334. The summed E-state index contributed by atoms with van der Waals surface area (Å²) < 4.78 is 16.5. The lowest BCUT2D eigenvalue weighted by Gasteiger charge is -2.30. The smallest absolute Gasteiger partial charge is 0.319 e. The molecule has 0 radical (unpaired) electrons. The number of furan rings is 1. The van der Waals surface area contributed by atoms with Crippen LogP contribution in [0.25, 0.3) is 33.6 Å². The molecule has 5 rings (SSSR count). The number of methoxy groups -OCH3 is 2. The molecule has 1 aliphatic rings. The summed E-state index contributed by atoms with van der Waals surface area (Å²) in [6.07, 6.45) is 5.51. The fraction of sp³-hybridized carbons (Fsp3) is 0.321. The molecular weight excluding hydrogens is 456 g/mol. The third kappa shape index (κ3) is 5.04. The van der Waals surface area contributed by atoms with Gasteiger partial charge in [0.15, 0.2) is 0 Å². The zero-order valence-corrected chi connectivity index (χ0v) is 20.5. The van der Waals surface area contributed by atoms with E-state index in [1.165, 1.54) is 13.4 Å². The highest BCUT2D eigenvalue weighted by atomic mass is 16.5. The van der Waals surface area contributed by atoms with Gasteiger partial charge in [-0.2, -0.15) is 0 Å². The summed E-state index contributed by atoms with van der Waals surface area (Å²) in [6.45, 7) is 0.218. The van der Waals surface area contributed by atoms with Crippen LogP contribution in [0.3, 0.4) is 0 Å². The molecule has 2 N–H and O–H groups in total. The molecule has 2 aromatic carbocycles. The Kier molecular flexibility index (Phi) is 7.13. The third-order valence-electron chi connectivity index (χ3n) is 6.68. The lowest BCUT2D eigenvalue weighted by molar-refractivity contribution is -0.139. The van der Waals surface area contributed by atoms with Crippen molar-refractivity contribution in [3.8, 4) is 28.2 Å². The topological polar surface area (TPSA) is 98.5 Å². The van der Waals surface area contributed by atoms with Gasteiger partial charge >= 0.3 is 5.97 Å². The maximum atomic E-state index is 11.6. The highest BCUT2D eigenvalue weighted by Gasteiger charge is 2.26. The van der Waals surface area contributed by atoms with Crippen molar-refractivity contribution in [1.29, 1.82) is 0 Å². The van der Waals surface area contributed by atoms with Crippen molar-refractivity contribution in [3.63, 3.8) is 0 Å². The van der Waals surface area contributed by atoms with E-state index >= 15 is 0 Å². The van der Waals surface area contributed by atoms with E-state index in [1.54, 1.807) is 7.11 Å². The predicted octanol–water partition coefficient (Wildman–Crippen LogP) is 5.05. The lowest BCUT2D eigenvalue weighted by atomic mass is 9.90. The third-order valence-corrected chi connectivity index (χ3v) is 6.68. The number of nitrogens with zero attached hydrogens (tertiary/aromatic N) is 2. The normalized spacial score (nSPS) is 17.6. The van der Waals surface area contributed by atoms with Crippen molar-refractivity contribution in [3.05, 3.63) is 60.9 Å². The minimum atomic E-state index is -0.251. The number of hydrogen-bond acceptors (Lipinski definition) is 8. The first-order chi connectivity index (χ1) is 17.7. The van der Waals surface area contributed by atoms with Crippen molar-refractivity contribution in [2.24, 2.45) is 0 Å². The highest BCUT2D eigenvalue weighted by molar-refractivity contribution is 6.05. The Morgan fingerprint density at radius 2 is 1.78 bits per heavy atom. The van der Waals surface area contributed by atoms with E-state index in [1.807, 2.05) is 54.6 Å². The molecule has 1 fully saturated rings. The van der Waals surface area contributed by atoms with Crippen molar-refractivity contribution in [2.75, 3.05) is 26.1 Å². The number of anilines is 1. The van der Waals surface area contributed by atoms with Crippen LogP contribution in [0.5, 0.6) is 5.75 Å². The van der Waals surface area contributed by atoms with E-state index in [0.717, 1.165) is 65.1 Å². The summed E-state index contributed by atoms with van der Waals surface area (Å²) in [6, 6.07) is 18.4. The maximum absolute atomic E-state index is 11.6. The summed E-state index contributed by atoms with van der Waals surface area (Å²) in [7, 11) is 3.07. The molecule has 0 spiro atoms. The molecule has 8 heteroatoms. The number of carbonyl (C=O) groups excluding carboxylic acids is 1. The SMILES string of the molecule is COC(=O)CN[C@@H]1CCC[C@H](Nc2ncnc3oc(-c4ccccc4)c(-c4ccc(OC)cc4)c23)C1. The monoisotopic (exact) mass is 486 g/mol. The van der Waals surface area contributed by atoms with Gasteiger partial charge in [0.25, 0.3) is 0 Å². The summed E-state index contributed by atoms with van der Waals surface area (Å²) in [4.78, 5) is 20.7. The van der Waals surface area contributed by atoms with Crippen LogP contribution in [0.4, 0.5) is 5.82 Å². The molecular formula is C28H30N4O4. The number of nitrogens with one attached hydrogen (secondary N) is 2. The zero-order chi connectivity index (χ0) is 24.9. The van der Waals surface area contributed by atoms with E-state index in [-0.39, 0.29) is 24.6 Å². The van der Waals surface area contributed by atoms with Crippen LogP contribution in [0.15, 0.2) is 65.3 Å². The number of rotatable bonds is 8. The molecule has 4 aromatic rings. The zero-order valence-electron chi connectivity index (χ0n) is 20.5. The summed E-state index contributed by atoms with van der Waals surface area (Å²) in [5.74, 6) is 2.03. The first-order valence-electron chi connectivity index (χ1n) is 12.2. The fourth-order valence-electron chi connectivity index (χ4n) is 4.87. The van der Waals surface area contributed by atoms with E-state index in [9.17, 15) is 4.79 Å². The molecule has 1 aliphatic carbocycles. The van der Waals surface area contributed by atoms with E-state index in [4.69, 9.17) is 13.9 Å². The average molecular weight is 487 g/mol. The number of carbonyl (C=O) groups is 1. The van der Waals surface area contributed by atoms with Crippen molar-refractivity contribution < 1.29 is 18.7 Å². The minimum Gasteiger partial charge on any atom is -0.497 e. The Bertz CT molecular complexity index is 1320. The lowest BCUT2D eigenvalue weighted by Crippen LogP contribution is -2.41. The Morgan fingerprint density at radius 1 is 1.00 bits per heavy atom. The standard InChI is InChI=1S/C28H30N4O4/c1-34-22-13-11-18(12-14-22)24-25-27(32-21-10-6-9-20(15-21)29-16-23(33)35-2)30-17-31-28(25)36-26(24)19-7-4-3-5-8-19/h3-5,7-8,11-14,17,20-21,29H,6,9-10,15-16H2,1-2H3,(H,30,31,32)/t20-,21+/m1/s1. The largest absolute Gasteiger partial charge is 0.497 e. The Labute approximate surface area is 210 Å². The molecule has 36 heavy (non-hydrogen) atoms. The molecule has 1 saturated carbocycles. The van der Waals surface area contributed by atoms with Gasteiger partial charge in [0, 0.05) is 23.2 Å². The van der Waals surface area contributed by atoms with Crippen LogP contribution in [-0.4, -0.2) is 48.8 Å². The molecule has 0 unspecified atom stereocenters. The first-order valence-corrected chi connectivity index (χ1v) is 12.2. The van der Waals surface area contributed by atoms with Crippen LogP contribution < -0.4 is 15.4 Å². The van der Waals surface area contributed by atoms with E-state index in [0.29, 0.717) is 5.71 Å². The Balaban J connectivity index is 1.52. The number of hydrogen-bond donors (Lipinski definition) is 2. The predicted molar refractivity (Wildman–Crippen MR) is 139 cm³/mol. The van der Waals surface area contributed by atoms with Gasteiger partial charge in [-0.25, -0.2) is 9.97 Å². The number of ether oxygens (including phenoxy) is 2. The van der Waals surface area contributed by atoms with Crippen LogP contribution in [0.2, 0.25) is 0 Å². The van der Waals surface area contributed by atoms with Crippen LogP contribution in [0, 0.1) is 0 Å². The van der Waals surface area contributed by atoms with Gasteiger partial charge in [-0.15, -0.1) is 0 Å². The Morgan fingerprint density at radius 3 is 2.53 bits per heavy atom. The van der Waals surface area contributed by atoms with Gasteiger partial charge < -0.3 is 24.5 Å². The van der Waals surface area contributed by atoms with Crippen LogP contribution >= 0.6 is 0 Å². The molecule has 0 amide bonds. The molecule has 0 saturated heterocycles. The van der Waals surface area contributed by atoms with Crippen molar-refractivity contribution in [1.82, 2.24) is 15.3 Å². The van der Waals surface area contributed by atoms with Crippen LogP contribution in [-0.2, 0) is 9.53 Å². The van der Waals surface area contributed by atoms with Crippen LogP contribution in [0.1, 0.15) is 25.7 Å². The Hall–Kier alpha value is -3.91. The van der Waals surface area contributed by atoms with Crippen molar-refractivity contribution in [2.45, 2.75) is 37.8 Å². The number of aromatic nitrogens is 2. The second kappa shape index (κ2) is 10.8. The summed E-state index contributed by atoms with van der Waals surface area (Å²) in [5.41, 5.74) is 3.44. The van der Waals surface area contributed by atoms with E-state index in [2.05, 4.69) is 20.6 Å². The number of esters is 1. The average Bonchev–Trinajstić information content (AvgIpc) is 3.33. The molecule has 2 heterocycles. The van der Waals surface area contributed by atoms with E-state index < -0.39 is 0 Å². The molecule has 2 atom stereocenters. The fourth-order valence-corrected chi connectivity index (χ4v) is 4.87. The van der Waals surface area contributed by atoms with Gasteiger partial charge in [-0.1, -0.05) is 42.5 Å². The highest BCUT2D eigenvalue weighted by Crippen LogP contribution is 2.43. The molecule has 0 bridgehead atoms. The second-order valence-corrected chi connectivity index (χ2v) is 8.96. The molecule has 8 nitrogen and oxygen atoms in total. The minimum absolute atomic E-state index is 0.200. The maximum Gasteiger partial charge on any atom is 0.319 e. The summed E-state index contributed by atoms with van der Waals surface area (Å²) >= 11 is 0. The second-order valence-electron chi connectivity index (χ2n) is 8.96. The molecule has 0 aliphatic heterocycles. The van der Waals surface area contributed by atoms with Crippen molar-refractivity contribution >= 4 is 22.9 Å². The molecule has 186 valence electrons. The van der Waals surface area contributed by atoms with Gasteiger partial charge in [0.1, 0.15) is 23.7 Å². The summed E-state index contributed by atoms with van der Waals surface area (Å²) in [5, 5.41) is 7.84. The van der Waals surface area contributed by atoms with Gasteiger partial charge in [0.05, 0.1) is 26.2 Å². The number of fused-ring (bicyclic) bond motifs is 1. The van der Waals surface area contributed by atoms with Gasteiger partial charge in [-0.3, -0.25) is 4.79 Å². The molecule has 2 aromatic heterocycles. The van der Waals surface area contributed by atoms with Gasteiger partial charge in [-0.05, 0) is 43.4 Å². The first kappa shape index (κ1) is 23.8. The number of benzene rings is 2. The van der Waals surface area contributed by atoms with Gasteiger partial charge in [0.2, 0.25) is 5.71 Å².